The van der Waals surface area contributed by atoms with Gasteiger partial charge in [0.1, 0.15) is 11.6 Å². The van der Waals surface area contributed by atoms with Crippen molar-refractivity contribution < 1.29 is 18.1 Å². The molecule has 0 aliphatic carbocycles. The highest BCUT2D eigenvalue weighted by Gasteiger charge is 2.11. The quantitative estimate of drug-likeness (QED) is 0.746. The van der Waals surface area contributed by atoms with Gasteiger partial charge in [-0.3, -0.25) is 4.79 Å². The van der Waals surface area contributed by atoms with Gasteiger partial charge in [-0.25, -0.2) is 8.78 Å². The molecule has 0 spiro atoms. The van der Waals surface area contributed by atoms with Crippen molar-refractivity contribution in [2.45, 2.75) is 19.4 Å². The van der Waals surface area contributed by atoms with Gasteiger partial charge in [0.25, 0.3) is 0 Å². The van der Waals surface area contributed by atoms with Crippen LogP contribution in [0.4, 0.5) is 8.78 Å². The first-order valence-corrected chi connectivity index (χ1v) is 7.70. The van der Waals surface area contributed by atoms with Crippen LogP contribution in [0.15, 0.2) is 53.1 Å². The molecule has 0 saturated carbocycles. The van der Waals surface area contributed by atoms with E-state index >= 15 is 0 Å². The van der Waals surface area contributed by atoms with Gasteiger partial charge in [0.2, 0.25) is 17.6 Å². The zero-order valence-corrected chi connectivity index (χ0v) is 13.2. The van der Waals surface area contributed by atoms with Crippen molar-refractivity contribution in [3.8, 4) is 11.4 Å². The van der Waals surface area contributed by atoms with E-state index in [4.69, 9.17) is 4.52 Å². The van der Waals surface area contributed by atoms with Crippen LogP contribution in [0.5, 0.6) is 0 Å². The Morgan fingerprint density at radius 3 is 2.32 bits per heavy atom. The smallest absolute Gasteiger partial charge is 0.227 e. The normalized spacial score (nSPS) is 10.6. The predicted molar refractivity (Wildman–Crippen MR) is 86.3 cm³/mol. The lowest BCUT2D eigenvalue weighted by Crippen LogP contribution is -2.23. The Morgan fingerprint density at radius 2 is 1.64 bits per heavy atom. The Hall–Kier alpha value is -3.09. The van der Waals surface area contributed by atoms with Gasteiger partial charge < -0.3 is 9.84 Å². The lowest BCUT2D eigenvalue weighted by atomic mass is 10.2. The summed E-state index contributed by atoms with van der Waals surface area (Å²) in [6.07, 6.45) is 0.482. The number of hydrogen-bond donors (Lipinski definition) is 1. The summed E-state index contributed by atoms with van der Waals surface area (Å²) in [5.41, 5.74) is 1.45. The second-order valence-corrected chi connectivity index (χ2v) is 5.42. The molecular weight excluding hydrogens is 328 g/mol. The van der Waals surface area contributed by atoms with Gasteiger partial charge in [-0.1, -0.05) is 17.3 Å². The molecule has 128 valence electrons. The average Bonchev–Trinajstić information content (AvgIpc) is 3.09. The minimum atomic E-state index is -0.342. The van der Waals surface area contributed by atoms with Crippen molar-refractivity contribution in [1.29, 1.82) is 0 Å². The number of hydrogen-bond acceptors (Lipinski definition) is 4. The van der Waals surface area contributed by atoms with Crippen LogP contribution in [0.3, 0.4) is 0 Å². The number of carbonyl (C=O) groups excluding carboxylic acids is 1. The fraction of sp³-hybridized carbons (Fsp3) is 0.167. The maximum absolute atomic E-state index is 12.9. The molecule has 0 unspecified atom stereocenters. The van der Waals surface area contributed by atoms with E-state index in [1.807, 2.05) is 0 Å². The van der Waals surface area contributed by atoms with Crippen LogP contribution < -0.4 is 5.32 Å². The maximum atomic E-state index is 12.9. The molecule has 1 amide bonds. The summed E-state index contributed by atoms with van der Waals surface area (Å²) in [7, 11) is 0. The van der Waals surface area contributed by atoms with Crippen molar-refractivity contribution in [2.75, 3.05) is 0 Å². The molecule has 25 heavy (non-hydrogen) atoms. The van der Waals surface area contributed by atoms with E-state index < -0.39 is 0 Å². The second-order valence-electron chi connectivity index (χ2n) is 5.42. The van der Waals surface area contributed by atoms with Crippen molar-refractivity contribution in [1.82, 2.24) is 15.5 Å². The first-order chi connectivity index (χ1) is 12.1. The number of nitrogens with zero attached hydrogens (tertiary/aromatic N) is 2. The molecule has 0 fully saturated rings. The SMILES string of the molecule is O=C(CCc1nc(-c2ccc(F)cc2)no1)NCc1ccc(F)cc1. The van der Waals surface area contributed by atoms with Crippen molar-refractivity contribution in [3.05, 3.63) is 71.6 Å². The number of benzene rings is 2. The first-order valence-electron chi connectivity index (χ1n) is 7.70. The lowest BCUT2D eigenvalue weighted by molar-refractivity contribution is -0.121. The molecule has 5 nitrogen and oxygen atoms in total. The lowest BCUT2D eigenvalue weighted by Gasteiger charge is -2.04. The van der Waals surface area contributed by atoms with Gasteiger partial charge in [0.15, 0.2) is 0 Å². The Balaban J connectivity index is 1.49. The topological polar surface area (TPSA) is 68.0 Å². The predicted octanol–water partition coefficient (Wildman–Crippen LogP) is 3.26. The molecule has 3 rings (SSSR count). The Morgan fingerprint density at radius 1 is 1.00 bits per heavy atom. The third-order valence-corrected chi connectivity index (χ3v) is 3.54. The number of nitrogens with one attached hydrogen (secondary N) is 1. The maximum Gasteiger partial charge on any atom is 0.227 e. The molecule has 1 N–H and O–H groups in total. The summed E-state index contributed by atoms with van der Waals surface area (Å²) in [6.45, 7) is 0.323. The molecular formula is C18H15F2N3O2. The van der Waals surface area contributed by atoms with E-state index in [0.717, 1.165) is 5.56 Å². The molecule has 0 atom stereocenters. The summed E-state index contributed by atoms with van der Waals surface area (Å²) in [5.74, 6) is -0.155. The van der Waals surface area contributed by atoms with Crippen LogP contribution in [0.25, 0.3) is 11.4 Å². The highest BCUT2D eigenvalue weighted by atomic mass is 19.1. The summed E-state index contributed by atoms with van der Waals surface area (Å²) in [6, 6.07) is 11.7. The van der Waals surface area contributed by atoms with E-state index in [0.29, 0.717) is 30.2 Å². The second kappa shape index (κ2) is 7.65. The molecule has 0 bridgehead atoms. The Labute approximate surface area is 142 Å². The van der Waals surface area contributed by atoms with Crippen LogP contribution in [-0.4, -0.2) is 16.0 Å². The van der Waals surface area contributed by atoms with E-state index in [-0.39, 0.29) is 24.0 Å². The van der Waals surface area contributed by atoms with E-state index in [1.165, 1.54) is 24.3 Å². The fourth-order valence-electron chi connectivity index (χ4n) is 2.18. The summed E-state index contributed by atoms with van der Waals surface area (Å²) in [4.78, 5) is 16.0. The van der Waals surface area contributed by atoms with E-state index in [9.17, 15) is 13.6 Å². The Kier molecular flexibility index (Phi) is 5.13. The van der Waals surface area contributed by atoms with Crippen molar-refractivity contribution in [2.24, 2.45) is 0 Å². The molecule has 0 saturated heterocycles. The van der Waals surface area contributed by atoms with Crippen LogP contribution in [0.1, 0.15) is 17.9 Å². The van der Waals surface area contributed by atoms with Crippen LogP contribution in [-0.2, 0) is 17.8 Å². The van der Waals surface area contributed by atoms with Crippen LogP contribution in [0.2, 0.25) is 0 Å². The standard InChI is InChI=1S/C18H15F2N3O2/c19-14-5-1-12(2-6-14)11-21-16(24)9-10-17-22-18(23-25-17)13-3-7-15(20)8-4-13/h1-8H,9-11H2,(H,21,24). The molecule has 1 heterocycles. The minimum Gasteiger partial charge on any atom is -0.352 e. The molecule has 0 aliphatic rings. The van der Waals surface area contributed by atoms with Gasteiger partial charge in [0.05, 0.1) is 0 Å². The molecule has 0 aliphatic heterocycles. The number of amides is 1. The largest absolute Gasteiger partial charge is 0.352 e. The summed E-state index contributed by atoms with van der Waals surface area (Å²) in [5, 5.41) is 6.56. The van der Waals surface area contributed by atoms with Crippen molar-refractivity contribution >= 4 is 5.91 Å². The fourth-order valence-corrected chi connectivity index (χ4v) is 2.18. The van der Waals surface area contributed by atoms with Crippen LogP contribution in [0, 0.1) is 11.6 Å². The average molecular weight is 343 g/mol. The zero-order valence-electron chi connectivity index (χ0n) is 13.2. The van der Waals surface area contributed by atoms with Gasteiger partial charge in [-0.15, -0.1) is 0 Å². The number of aromatic nitrogens is 2. The molecule has 3 aromatic rings. The molecule has 1 aromatic heterocycles. The van der Waals surface area contributed by atoms with E-state index in [2.05, 4.69) is 15.5 Å². The Bertz CT molecular complexity index is 846. The highest BCUT2D eigenvalue weighted by Crippen LogP contribution is 2.16. The number of aryl methyl sites for hydroxylation is 1. The monoisotopic (exact) mass is 343 g/mol. The number of rotatable bonds is 6. The molecule has 0 radical (unpaired) electrons. The third-order valence-electron chi connectivity index (χ3n) is 3.54. The first kappa shape index (κ1) is 16.8. The minimum absolute atomic E-state index is 0.175. The van der Waals surface area contributed by atoms with E-state index in [1.54, 1.807) is 24.3 Å². The van der Waals surface area contributed by atoms with Crippen molar-refractivity contribution in [3.63, 3.8) is 0 Å². The zero-order chi connectivity index (χ0) is 17.6. The third kappa shape index (κ3) is 4.69. The molecule has 7 heteroatoms. The van der Waals surface area contributed by atoms with Gasteiger partial charge in [-0.2, -0.15) is 4.98 Å². The summed E-state index contributed by atoms with van der Waals surface area (Å²) < 4.78 is 30.8. The number of halogens is 2. The molecule has 2 aromatic carbocycles. The van der Waals surface area contributed by atoms with Crippen LogP contribution >= 0.6 is 0 Å². The highest BCUT2D eigenvalue weighted by molar-refractivity contribution is 5.76. The number of carbonyl (C=O) groups is 1. The van der Waals surface area contributed by atoms with Gasteiger partial charge in [-0.05, 0) is 42.0 Å². The van der Waals surface area contributed by atoms with Gasteiger partial charge >= 0.3 is 0 Å². The van der Waals surface area contributed by atoms with Gasteiger partial charge in [0, 0.05) is 24.9 Å². The summed E-state index contributed by atoms with van der Waals surface area (Å²) >= 11 is 0.